The van der Waals surface area contributed by atoms with Crippen molar-refractivity contribution >= 4 is 32.8 Å². The molecule has 0 spiro atoms. The van der Waals surface area contributed by atoms with E-state index in [4.69, 9.17) is 4.74 Å². The molecule has 0 aliphatic carbocycles. The van der Waals surface area contributed by atoms with E-state index in [9.17, 15) is 4.79 Å². The Morgan fingerprint density at radius 1 is 1.25 bits per heavy atom. The van der Waals surface area contributed by atoms with Gasteiger partial charge in [0.1, 0.15) is 5.75 Å². The highest BCUT2D eigenvalue weighted by molar-refractivity contribution is 9.10. The lowest BCUT2D eigenvalue weighted by molar-refractivity contribution is -0.134. The maximum atomic E-state index is 12.2. The number of hydrogen-bond acceptors (Lipinski definition) is 3. The van der Waals surface area contributed by atoms with Crippen LogP contribution in [0.5, 0.6) is 5.75 Å². The highest BCUT2D eigenvalue weighted by atomic mass is 79.9. The first-order valence-corrected chi connectivity index (χ1v) is 9.46. The molecule has 1 heterocycles. The summed E-state index contributed by atoms with van der Waals surface area (Å²) < 4.78 is 6.64. The number of ether oxygens (including phenoxy) is 1. The molecule has 0 bridgehead atoms. The standard InChI is InChI=1S/C19H27BrN2O2/c1-4-5-6-7-11-17(23)24-16-10-8-9-15-18(16)14(19(20)21-15)12-13-22(2)3/h8-10,21H,4-7,11-13H2,1-3H3. The number of benzene rings is 1. The molecule has 1 aromatic heterocycles. The van der Waals surface area contributed by atoms with E-state index in [0.717, 1.165) is 46.9 Å². The summed E-state index contributed by atoms with van der Waals surface area (Å²) in [6.07, 6.45) is 5.68. The second-order valence-electron chi connectivity index (χ2n) is 6.43. The topological polar surface area (TPSA) is 45.3 Å². The Morgan fingerprint density at radius 3 is 2.75 bits per heavy atom. The van der Waals surface area contributed by atoms with E-state index in [2.05, 4.69) is 46.8 Å². The Bertz CT molecular complexity index is 679. The highest BCUT2D eigenvalue weighted by Crippen LogP contribution is 2.34. The largest absolute Gasteiger partial charge is 0.426 e. The monoisotopic (exact) mass is 394 g/mol. The number of carbonyl (C=O) groups is 1. The molecule has 0 unspecified atom stereocenters. The van der Waals surface area contributed by atoms with Crippen LogP contribution in [0, 0.1) is 0 Å². The van der Waals surface area contributed by atoms with Crippen molar-refractivity contribution in [1.29, 1.82) is 0 Å². The van der Waals surface area contributed by atoms with Crippen LogP contribution in [0.15, 0.2) is 22.8 Å². The van der Waals surface area contributed by atoms with E-state index in [1.54, 1.807) is 0 Å². The molecule has 5 heteroatoms. The van der Waals surface area contributed by atoms with Gasteiger partial charge in [0.25, 0.3) is 0 Å². The van der Waals surface area contributed by atoms with Crippen LogP contribution < -0.4 is 4.74 Å². The Morgan fingerprint density at radius 2 is 2.04 bits per heavy atom. The third kappa shape index (κ3) is 5.08. The highest BCUT2D eigenvalue weighted by Gasteiger charge is 2.16. The van der Waals surface area contributed by atoms with Crippen LogP contribution in [-0.4, -0.2) is 36.5 Å². The van der Waals surface area contributed by atoms with Crippen LogP contribution in [0.25, 0.3) is 10.9 Å². The van der Waals surface area contributed by atoms with Gasteiger partial charge in [-0.1, -0.05) is 32.3 Å². The predicted octanol–water partition coefficient (Wildman–Crippen LogP) is 4.91. The van der Waals surface area contributed by atoms with E-state index in [0.29, 0.717) is 12.2 Å². The number of carbonyl (C=O) groups excluding carboxylic acids is 1. The lowest BCUT2D eigenvalue weighted by atomic mass is 10.1. The van der Waals surface area contributed by atoms with E-state index in [1.807, 2.05) is 18.2 Å². The lowest BCUT2D eigenvalue weighted by Gasteiger charge is -2.11. The number of nitrogens with one attached hydrogen (secondary N) is 1. The van der Waals surface area contributed by atoms with Crippen molar-refractivity contribution in [3.8, 4) is 5.75 Å². The number of unbranched alkanes of at least 4 members (excludes halogenated alkanes) is 3. The van der Waals surface area contributed by atoms with Crippen molar-refractivity contribution in [2.24, 2.45) is 0 Å². The van der Waals surface area contributed by atoms with Gasteiger partial charge in [-0.3, -0.25) is 4.79 Å². The number of hydrogen-bond donors (Lipinski definition) is 1. The number of aromatic nitrogens is 1. The van der Waals surface area contributed by atoms with Gasteiger partial charge in [0, 0.05) is 18.4 Å². The van der Waals surface area contributed by atoms with Crippen LogP contribution in [0.2, 0.25) is 0 Å². The van der Waals surface area contributed by atoms with Crippen LogP contribution in [-0.2, 0) is 11.2 Å². The molecular formula is C19H27BrN2O2. The minimum absolute atomic E-state index is 0.144. The molecule has 0 aliphatic rings. The predicted molar refractivity (Wildman–Crippen MR) is 103 cm³/mol. The molecule has 0 saturated heterocycles. The average molecular weight is 395 g/mol. The van der Waals surface area contributed by atoms with Gasteiger partial charge < -0.3 is 14.6 Å². The van der Waals surface area contributed by atoms with Crippen LogP contribution in [0.1, 0.15) is 44.6 Å². The van der Waals surface area contributed by atoms with Gasteiger partial charge in [0.05, 0.1) is 10.1 Å². The van der Waals surface area contributed by atoms with Gasteiger partial charge in [0.15, 0.2) is 0 Å². The summed E-state index contributed by atoms with van der Waals surface area (Å²) in [5, 5.41) is 1.01. The molecule has 0 aliphatic heterocycles. The minimum Gasteiger partial charge on any atom is -0.426 e. The molecule has 4 nitrogen and oxygen atoms in total. The summed E-state index contributed by atoms with van der Waals surface area (Å²) in [4.78, 5) is 17.6. The van der Waals surface area contributed by atoms with Gasteiger partial charge in [-0.2, -0.15) is 0 Å². The average Bonchev–Trinajstić information content (AvgIpc) is 2.86. The molecule has 1 aromatic carbocycles. The maximum absolute atomic E-state index is 12.2. The molecular weight excluding hydrogens is 368 g/mol. The summed E-state index contributed by atoms with van der Waals surface area (Å²) >= 11 is 3.60. The molecule has 1 N–H and O–H groups in total. The smallest absolute Gasteiger partial charge is 0.311 e. The van der Waals surface area contributed by atoms with Crippen LogP contribution >= 0.6 is 15.9 Å². The number of rotatable bonds is 9. The molecule has 0 amide bonds. The van der Waals surface area contributed by atoms with Gasteiger partial charge in [-0.15, -0.1) is 0 Å². The fraction of sp³-hybridized carbons (Fsp3) is 0.526. The zero-order valence-corrected chi connectivity index (χ0v) is 16.4. The van der Waals surface area contributed by atoms with Crippen molar-refractivity contribution in [3.05, 3.63) is 28.4 Å². The summed E-state index contributed by atoms with van der Waals surface area (Å²) in [5.74, 6) is 0.512. The number of nitrogens with zero attached hydrogens (tertiary/aromatic N) is 1. The molecule has 2 aromatic rings. The summed E-state index contributed by atoms with van der Waals surface area (Å²) in [6, 6.07) is 5.81. The fourth-order valence-corrected chi connectivity index (χ4v) is 3.39. The molecule has 0 radical (unpaired) electrons. The Kier molecular flexibility index (Phi) is 7.31. The first-order valence-electron chi connectivity index (χ1n) is 8.67. The first kappa shape index (κ1) is 19.0. The first-order chi connectivity index (χ1) is 11.5. The SMILES string of the molecule is CCCCCCC(=O)Oc1cccc2[nH]c(Br)c(CCN(C)C)c12. The number of likely N-dealkylation sites (N-methyl/N-ethyl adjacent to an activating group) is 1. The van der Waals surface area contributed by atoms with Gasteiger partial charge in [-0.25, -0.2) is 0 Å². The molecule has 2 rings (SSSR count). The van der Waals surface area contributed by atoms with Crippen molar-refractivity contribution in [3.63, 3.8) is 0 Å². The maximum Gasteiger partial charge on any atom is 0.311 e. The number of H-pyrrole nitrogens is 1. The molecule has 24 heavy (non-hydrogen) atoms. The lowest BCUT2D eigenvalue weighted by Crippen LogP contribution is -2.15. The number of fused-ring (bicyclic) bond motifs is 1. The van der Waals surface area contributed by atoms with E-state index < -0.39 is 0 Å². The Balaban J connectivity index is 2.15. The second-order valence-corrected chi connectivity index (χ2v) is 7.23. The third-order valence-electron chi connectivity index (χ3n) is 4.10. The third-order valence-corrected chi connectivity index (χ3v) is 4.78. The zero-order valence-electron chi connectivity index (χ0n) is 14.8. The summed E-state index contributed by atoms with van der Waals surface area (Å²) in [7, 11) is 4.11. The number of aromatic amines is 1. The molecule has 0 fully saturated rings. The van der Waals surface area contributed by atoms with Gasteiger partial charge >= 0.3 is 5.97 Å². The van der Waals surface area contributed by atoms with Crippen LogP contribution in [0.3, 0.4) is 0 Å². The fourth-order valence-electron chi connectivity index (χ4n) is 2.77. The van der Waals surface area contributed by atoms with E-state index >= 15 is 0 Å². The minimum atomic E-state index is -0.144. The second kappa shape index (κ2) is 9.23. The quantitative estimate of drug-likeness (QED) is 0.373. The van der Waals surface area contributed by atoms with Crippen molar-refractivity contribution < 1.29 is 9.53 Å². The zero-order chi connectivity index (χ0) is 17.5. The number of esters is 1. The van der Waals surface area contributed by atoms with Crippen molar-refractivity contribution in [2.75, 3.05) is 20.6 Å². The normalized spacial score (nSPS) is 11.4. The molecule has 132 valence electrons. The van der Waals surface area contributed by atoms with Crippen molar-refractivity contribution in [1.82, 2.24) is 9.88 Å². The van der Waals surface area contributed by atoms with E-state index in [-0.39, 0.29) is 5.97 Å². The van der Waals surface area contributed by atoms with E-state index in [1.165, 1.54) is 12.8 Å². The summed E-state index contributed by atoms with van der Waals surface area (Å²) in [6.45, 7) is 3.10. The number of halogens is 1. The Hall–Kier alpha value is -1.33. The Labute approximate surface area is 152 Å². The molecule has 0 saturated carbocycles. The van der Waals surface area contributed by atoms with Gasteiger partial charge in [-0.05, 0) is 60.6 Å². The summed E-state index contributed by atoms with van der Waals surface area (Å²) in [5.41, 5.74) is 2.15. The van der Waals surface area contributed by atoms with Gasteiger partial charge in [0.2, 0.25) is 0 Å². The molecule has 0 atom stereocenters. The van der Waals surface area contributed by atoms with Crippen molar-refractivity contribution in [2.45, 2.75) is 45.4 Å². The van der Waals surface area contributed by atoms with Crippen LogP contribution in [0.4, 0.5) is 0 Å².